The van der Waals surface area contributed by atoms with Gasteiger partial charge in [0.25, 0.3) is 0 Å². The van der Waals surface area contributed by atoms with E-state index in [4.69, 9.17) is 4.74 Å². The minimum atomic E-state index is -0.120. The number of unbranched alkanes of at least 4 members (excludes halogenated alkanes) is 5. The summed E-state index contributed by atoms with van der Waals surface area (Å²) >= 11 is 0. The van der Waals surface area contributed by atoms with Gasteiger partial charge in [0, 0.05) is 0 Å². The molecule has 0 aromatic rings. The molecule has 0 radical (unpaired) electrons. The molecule has 3 nitrogen and oxygen atoms in total. The quantitative estimate of drug-likeness (QED) is 0.447. The standard InChI is InChI=1S/C14H29NO2/c1-4-7-8-9-10-11-12-15-13(5-2)14(16)17-6-3/h13,15H,4-12H2,1-3H3. The number of esters is 1. The van der Waals surface area contributed by atoms with Crippen LogP contribution in [0.25, 0.3) is 0 Å². The molecule has 102 valence electrons. The summed E-state index contributed by atoms with van der Waals surface area (Å²) in [4.78, 5) is 11.5. The third kappa shape index (κ3) is 9.16. The molecular formula is C14H29NO2. The van der Waals surface area contributed by atoms with Crippen molar-refractivity contribution in [2.24, 2.45) is 0 Å². The molecule has 0 saturated heterocycles. The zero-order chi connectivity index (χ0) is 12.9. The minimum absolute atomic E-state index is 0.110. The number of nitrogens with one attached hydrogen (secondary N) is 1. The van der Waals surface area contributed by atoms with Gasteiger partial charge >= 0.3 is 5.97 Å². The maximum absolute atomic E-state index is 11.5. The van der Waals surface area contributed by atoms with E-state index in [0.29, 0.717) is 6.61 Å². The normalized spacial score (nSPS) is 12.4. The molecule has 0 aliphatic carbocycles. The fourth-order valence-electron chi connectivity index (χ4n) is 1.82. The van der Waals surface area contributed by atoms with Gasteiger partial charge in [0.2, 0.25) is 0 Å². The summed E-state index contributed by atoms with van der Waals surface area (Å²) in [6.07, 6.45) is 8.49. The second-order valence-corrected chi connectivity index (χ2v) is 4.43. The van der Waals surface area contributed by atoms with Crippen molar-refractivity contribution in [3.05, 3.63) is 0 Å². The Morgan fingerprint density at radius 1 is 1.06 bits per heavy atom. The predicted molar refractivity (Wildman–Crippen MR) is 72.1 cm³/mol. The summed E-state index contributed by atoms with van der Waals surface area (Å²) in [6, 6.07) is -0.120. The second-order valence-electron chi connectivity index (χ2n) is 4.43. The molecule has 0 aliphatic rings. The number of ether oxygens (including phenoxy) is 1. The zero-order valence-corrected chi connectivity index (χ0v) is 11.8. The van der Waals surface area contributed by atoms with Crippen LogP contribution in [0.2, 0.25) is 0 Å². The molecule has 0 amide bonds. The Bertz CT molecular complexity index is 183. The molecule has 3 heteroatoms. The molecule has 17 heavy (non-hydrogen) atoms. The number of carbonyl (C=O) groups excluding carboxylic acids is 1. The first-order valence-electron chi connectivity index (χ1n) is 7.16. The summed E-state index contributed by atoms with van der Waals surface area (Å²) < 4.78 is 5.00. The summed E-state index contributed by atoms with van der Waals surface area (Å²) in [7, 11) is 0. The molecule has 0 fully saturated rings. The van der Waals surface area contributed by atoms with Gasteiger partial charge in [-0.3, -0.25) is 4.79 Å². The Labute approximate surface area is 106 Å². The van der Waals surface area contributed by atoms with Crippen molar-refractivity contribution in [2.45, 2.75) is 71.8 Å². The number of carbonyl (C=O) groups is 1. The van der Waals surface area contributed by atoms with Gasteiger partial charge in [-0.1, -0.05) is 46.0 Å². The highest BCUT2D eigenvalue weighted by Gasteiger charge is 2.15. The zero-order valence-electron chi connectivity index (χ0n) is 11.8. The minimum Gasteiger partial charge on any atom is -0.465 e. The Hall–Kier alpha value is -0.570. The molecule has 0 aromatic carbocycles. The van der Waals surface area contributed by atoms with Crippen LogP contribution >= 0.6 is 0 Å². The molecule has 0 saturated carbocycles. The van der Waals surface area contributed by atoms with Crippen LogP contribution in [-0.4, -0.2) is 25.2 Å². The van der Waals surface area contributed by atoms with E-state index in [1.54, 1.807) is 0 Å². The van der Waals surface area contributed by atoms with Crippen molar-refractivity contribution in [1.82, 2.24) is 5.32 Å². The molecular weight excluding hydrogens is 214 g/mol. The number of hydrogen-bond donors (Lipinski definition) is 1. The van der Waals surface area contributed by atoms with Gasteiger partial charge in [0.05, 0.1) is 6.61 Å². The second kappa shape index (κ2) is 11.9. The van der Waals surface area contributed by atoms with E-state index >= 15 is 0 Å². The summed E-state index contributed by atoms with van der Waals surface area (Å²) in [5, 5.41) is 3.27. The lowest BCUT2D eigenvalue weighted by atomic mass is 10.1. The van der Waals surface area contributed by atoms with Crippen LogP contribution in [0.1, 0.15) is 65.7 Å². The van der Waals surface area contributed by atoms with Crippen LogP contribution in [0.15, 0.2) is 0 Å². The van der Waals surface area contributed by atoms with E-state index in [0.717, 1.165) is 19.4 Å². The van der Waals surface area contributed by atoms with Crippen molar-refractivity contribution < 1.29 is 9.53 Å². The first-order valence-corrected chi connectivity index (χ1v) is 7.16. The summed E-state index contributed by atoms with van der Waals surface area (Å²) in [5.41, 5.74) is 0. The molecule has 1 unspecified atom stereocenters. The topological polar surface area (TPSA) is 38.3 Å². The van der Waals surface area contributed by atoms with Gasteiger partial charge < -0.3 is 10.1 Å². The van der Waals surface area contributed by atoms with Gasteiger partial charge in [-0.15, -0.1) is 0 Å². The SMILES string of the molecule is CCCCCCCCNC(CC)C(=O)OCC. The van der Waals surface area contributed by atoms with Crippen molar-refractivity contribution in [3.63, 3.8) is 0 Å². The Balaban J connectivity index is 3.46. The fraction of sp³-hybridized carbons (Fsp3) is 0.929. The van der Waals surface area contributed by atoms with Crippen molar-refractivity contribution in [3.8, 4) is 0 Å². The van der Waals surface area contributed by atoms with Gasteiger partial charge in [0.15, 0.2) is 0 Å². The van der Waals surface area contributed by atoms with Crippen LogP contribution in [0.4, 0.5) is 0 Å². The van der Waals surface area contributed by atoms with Gasteiger partial charge in [0.1, 0.15) is 6.04 Å². The first kappa shape index (κ1) is 16.4. The van der Waals surface area contributed by atoms with E-state index in [1.165, 1.54) is 32.1 Å². The van der Waals surface area contributed by atoms with Crippen molar-refractivity contribution in [1.29, 1.82) is 0 Å². The van der Waals surface area contributed by atoms with Crippen molar-refractivity contribution >= 4 is 5.97 Å². The smallest absolute Gasteiger partial charge is 0.323 e. The Morgan fingerprint density at radius 2 is 1.71 bits per heavy atom. The molecule has 0 aromatic heterocycles. The molecule has 1 atom stereocenters. The van der Waals surface area contributed by atoms with Crippen LogP contribution in [0.3, 0.4) is 0 Å². The van der Waals surface area contributed by atoms with E-state index in [2.05, 4.69) is 12.2 Å². The fourth-order valence-corrected chi connectivity index (χ4v) is 1.82. The first-order chi connectivity index (χ1) is 8.26. The monoisotopic (exact) mass is 243 g/mol. The van der Waals surface area contributed by atoms with Gasteiger partial charge in [-0.25, -0.2) is 0 Å². The van der Waals surface area contributed by atoms with E-state index in [1.807, 2.05) is 13.8 Å². The van der Waals surface area contributed by atoms with E-state index in [-0.39, 0.29) is 12.0 Å². The van der Waals surface area contributed by atoms with Crippen molar-refractivity contribution in [2.75, 3.05) is 13.2 Å². The predicted octanol–water partition coefficient (Wildman–Crippen LogP) is 3.28. The number of hydrogen-bond acceptors (Lipinski definition) is 3. The lowest BCUT2D eigenvalue weighted by Gasteiger charge is -2.15. The van der Waals surface area contributed by atoms with E-state index < -0.39 is 0 Å². The van der Waals surface area contributed by atoms with E-state index in [9.17, 15) is 4.79 Å². The maximum Gasteiger partial charge on any atom is 0.323 e. The Kier molecular flexibility index (Phi) is 11.5. The highest BCUT2D eigenvalue weighted by Crippen LogP contribution is 2.04. The van der Waals surface area contributed by atoms with Crippen LogP contribution in [-0.2, 0) is 9.53 Å². The third-order valence-electron chi connectivity index (χ3n) is 2.90. The maximum atomic E-state index is 11.5. The largest absolute Gasteiger partial charge is 0.465 e. The third-order valence-corrected chi connectivity index (χ3v) is 2.90. The summed E-state index contributed by atoms with van der Waals surface area (Å²) in [5.74, 6) is -0.110. The molecule has 0 rings (SSSR count). The molecule has 0 spiro atoms. The number of rotatable bonds is 11. The average molecular weight is 243 g/mol. The van der Waals surface area contributed by atoms with Gasteiger partial charge in [-0.05, 0) is 26.3 Å². The lowest BCUT2D eigenvalue weighted by molar-refractivity contribution is -0.145. The highest BCUT2D eigenvalue weighted by atomic mass is 16.5. The van der Waals surface area contributed by atoms with Crippen LogP contribution < -0.4 is 5.32 Å². The van der Waals surface area contributed by atoms with Crippen LogP contribution in [0.5, 0.6) is 0 Å². The Morgan fingerprint density at radius 3 is 2.29 bits per heavy atom. The lowest BCUT2D eigenvalue weighted by Crippen LogP contribution is -2.38. The van der Waals surface area contributed by atoms with Crippen LogP contribution in [0, 0.1) is 0 Å². The molecule has 0 heterocycles. The molecule has 0 aliphatic heterocycles. The molecule has 1 N–H and O–H groups in total. The molecule has 0 bridgehead atoms. The average Bonchev–Trinajstić information content (AvgIpc) is 2.33. The highest BCUT2D eigenvalue weighted by molar-refractivity contribution is 5.75. The van der Waals surface area contributed by atoms with Gasteiger partial charge in [-0.2, -0.15) is 0 Å². The summed E-state index contributed by atoms with van der Waals surface area (Å²) in [6.45, 7) is 7.47.